The highest BCUT2D eigenvalue weighted by molar-refractivity contribution is 7.98. The van der Waals surface area contributed by atoms with Gasteiger partial charge in [0.05, 0.1) is 6.04 Å². The number of hydrogen-bond acceptors (Lipinski definition) is 8. The number of thiol groups is 2. The zero-order valence-corrected chi connectivity index (χ0v) is 18.2. The molecule has 1 aliphatic rings. The summed E-state index contributed by atoms with van der Waals surface area (Å²) in [6.07, 6.45) is 3.68. The number of carboxylic acid groups (broad SMARTS) is 1. The lowest BCUT2D eigenvalue weighted by molar-refractivity contribution is -0.142. The molecular weight excluding hydrogens is 424 g/mol. The van der Waals surface area contributed by atoms with Gasteiger partial charge in [-0.15, -0.1) is 0 Å². The van der Waals surface area contributed by atoms with Crippen LogP contribution in [0, 0.1) is 0 Å². The minimum absolute atomic E-state index is 0.0239. The van der Waals surface area contributed by atoms with Gasteiger partial charge in [-0.1, -0.05) is 0 Å². The molecule has 0 bridgehead atoms. The summed E-state index contributed by atoms with van der Waals surface area (Å²) in [5.41, 5.74) is 0. The summed E-state index contributed by atoms with van der Waals surface area (Å²) in [7, 11) is 0. The number of carboxylic acids is 1. The molecule has 28 heavy (non-hydrogen) atoms. The molecule has 0 aromatic carbocycles. The Balaban J connectivity index is 2.63. The maximum absolute atomic E-state index is 12.5. The highest BCUT2D eigenvalue weighted by atomic mass is 32.2. The van der Waals surface area contributed by atoms with E-state index in [4.69, 9.17) is 0 Å². The quantitative estimate of drug-likeness (QED) is 0.187. The van der Waals surface area contributed by atoms with Gasteiger partial charge in [0, 0.05) is 11.5 Å². The van der Waals surface area contributed by atoms with Gasteiger partial charge in [-0.2, -0.15) is 37.0 Å². The second kappa shape index (κ2) is 13.2. The lowest BCUT2D eigenvalue weighted by Crippen LogP contribution is -2.58. The van der Waals surface area contributed by atoms with Gasteiger partial charge in [0.1, 0.15) is 18.1 Å². The first-order valence-corrected chi connectivity index (χ1v) is 11.6. The molecular formula is C16H28N4O5S3. The fourth-order valence-electron chi connectivity index (χ4n) is 2.61. The molecule has 12 heteroatoms. The van der Waals surface area contributed by atoms with Crippen LogP contribution in [0.2, 0.25) is 0 Å². The molecule has 4 unspecified atom stereocenters. The number of hydrogen-bond donors (Lipinski definition) is 7. The second-order valence-corrected chi connectivity index (χ2v) is 8.03. The van der Waals surface area contributed by atoms with Crippen LogP contribution in [0.25, 0.3) is 0 Å². The van der Waals surface area contributed by atoms with Crippen LogP contribution in [-0.4, -0.2) is 83.0 Å². The average Bonchev–Trinajstić information content (AvgIpc) is 3.21. The molecule has 1 aliphatic heterocycles. The minimum atomic E-state index is -1.14. The molecule has 0 aliphatic carbocycles. The largest absolute Gasteiger partial charge is 0.480 e. The van der Waals surface area contributed by atoms with E-state index in [0.717, 1.165) is 13.0 Å². The molecule has 1 fully saturated rings. The molecule has 0 saturated carbocycles. The van der Waals surface area contributed by atoms with E-state index < -0.39 is 35.9 Å². The number of thioether (sulfide) groups is 1. The molecule has 4 atom stereocenters. The molecule has 0 aromatic heterocycles. The summed E-state index contributed by atoms with van der Waals surface area (Å²) in [6, 6.07) is -3.34. The number of carbonyl (C=O) groups excluding carboxylic acids is 3. The van der Waals surface area contributed by atoms with Crippen LogP contribution in [0.15, 0.2) is 0 Å². The summed E-state index contributed by atoms with van der Waals surface area (Å²) in [5, 5.41) is 19.8. The molecule has 0 spiro atoms. The Kier molecular flexibility index (Phi) is 11.7. The minimum Gasteiger partial charge on any atom is -0.480 e. The molecule has 1 heterocycles. The Morgan fingerprint density at radius 1 is 1.07 bits per heavy atom. The Bertz CT molecular complexity index is 560. The van der Waals surface area contributed by atoms with Gasteiger partial charge >= 0.3 is 5.97 Å². The van der Waals surface area contributed by atoms with Crippen molar-refractivity contribution in [3.05, 3.63) is 0 Å². The predicted molar refractivity (Wildman–Crippen MR) is 115 cm³/mol. The summed E-state index contributed by atoms with van der Waals surface area (Å²) >= 11 is 9.64. The van der Waals surface area contributed by atoms with E-state index in [1.807, 2.05) is 6.26 Å². The van der Waals surface area contributed by atoms with Gasteiger partial charge in [-0.3, -0.25) is 14.4 Å². The third-order valence-corrected chi connectivity index (χ3v) is 5.61. The van der Waals surface area contributed by atoms with E-state index >= 15 is 0 Å². The molecule has 1 saturated heterocycles. The number of nitrogens with one attached hydrogen (secondary N) is 4. The first-order valence-electron chi connectivity index (χ1n) is 8.92. The fourth-order valence-corrected chi connectivity index (χ4v) is 3.59. The van der Waals surface area contributed by atoms with Crippen molar-refractivity contribution in [3.63, 3.8) is 0 Å². The molecule has 0 aromatic rings. The fraction of sp³-hybridized carbons (Fsp3) is 0.750. The van der Waals surface area contributed by atoms with Gasteiger partial charge in [0.15, 0.2) is 0 Å². The maximum atomic E-state index is 12.5. The molecule has 160 valence electrons. The topological polar surface area (TPSA) is 137 Å². The van der Waals surface area contributed by atoms with Crippen molar-refractivity contribution in [3.8, 4) is 0 Å². The Morgan fingerprint density at radius 3 is 2.11 bits per heavy atom. The smallest absolute Gasteiger partial charge is 0.326 e. The van der Waals surface area contributed by atoms with Gasteiger partial charge in [0.2, 0.25) is 17.7 Å². The predicted octanol–water partition coefficient (Wildman–Crippen LogP) is -1.11. The zero-order chi connectivity index (χ0) is 21.1. The number of aliphatic carboxylic acids is 1. The maximum Gasteiger partial charge on any atom is 0.326 e. The average molecular weight is 453 g/mol. The van der Waals surface area contributed by atoms with Crippen molar-refractivity contribution in [1.29, 1.82) is 0 Å². The molecule has 1 rings (SSSR count). The number of amides is 3. The van der Waals surface area contributed by atoms with E-state index in [2.05, 4.69) is 46.5 Å². The zero-order valence-electron chi connectivity index (χ0n) is 15.6. The summed E-state index contributed by atoms with van der Waals surface area (Å²) in [5.74, 6) is -2.05. The Labute approximate surface area is 179 Å². The van der Waals surface area contributed by atoms with Gasteiger partial charge in [-0.25, -0.2) is 4.79 Å². The van der Waals surface area contributed by atoms with E-state index in [0.29, 0.717) is 12.2 Å². The SMILES string of the molecule is CSCCC(NC(=O)C(CS)NC(=O)C(CS)NC(=O)C1CCCN1)C(=O)O. The Hall–Kier alpha value is -1.11. The van der Waals surface area contributed by atoms with Crippen molar-refractivity contribution in [2.24, 2.45) is 0 Å². The normalized spacial score (nSPS) is 19.3. The van der Waals surface area contributed by atoms with Crippen LogP contribution < -0.4 is 21.3 Å². The highest BCUT2D eigenvalue weighted by Gasteiger charge is 2.30. The van der Waals surface area contributed by atoms with Crippen LogP contribution in [-0.2, 0) is 19.2 Å². The number of rotatable bonds is 12. The highest BCUT2D eigenvalue weighted by Crippen LogP contribution is 2.06. The van der Waals surface area contributed by atoms with Crippen LogP contribution in [0.5, 0.6) is 0 Å². The van der Waals surface area contributed by atoms with Crippen LogP contribution in [0.3, 0.4) is 0 Å². The van der Waals surface area contributed by atoms with E-state index in [-0.39, 0.29) is 29.9 Å². The van der Waals surface area contributed by atoms with Gasteiger partial charge in [0.25, 0.3) is 0 Å². The first kappa shape index (κ1) is 24.9. The van der Waals surface area contributed by atoms with Crippen LogP contribution in [0.1, 0.15) is 19.3 Å². The van der Waals surface area contributed by atoms with Crippen molar-refractivity contribution in [2.75, 3.05) is 30.1 Å². The van der Waals surface area contributed by atoms with E-state index in [9.17, 15) is 24.3 Å². The standard InChI is InChI=1S/C16H28N4O5S3/c1-28-6-4-10(16(24)25)18-14(22)11(7-26)20-15(23)12(8-27)19-13(21)9-3-2-5-17-9/h9-12,17,26-27H,2-8H2,1H3,(H,18,22)(H,19,21)(H,20,23)(H,24,25). The molecule has 0 radical (unpaired) electrons. The molecule has 9 nitrogen and oxygen atoms in total. The first-order chi connectivity index (χ1) is 13.3. The van der Waals surface area contributed by atoms with Crippen molar-refractivity contribution in [2.45, 2.75) is 43.4 Å². The molecule has 3 amide bonds. The monoisotopic (exact) mass is 452 g/mol. The van der Waals surface area contributed by atoms with E-state index in [1.54, 1.807) is 0 Å². The third-order valence-electron chi connectivity index (χ3n) is 4.23. The Morgan fingerprint density at radius 2 is 1.64 bits per heavy atom. The van der Waals surface area contributed by atoms with Crippen molar-refractivity contribution < 1.29 is 24.3 Å². The van der Waals surface area contributed by atoms with Crippen LogP contribution in [0.4, 0.5) is 0 Å². The van der Waals surface area contributed by atoms with Crippen molar-refractivity contribution in [1.82, 2.24) is 21.3 Å². The molecule has 5 N–H and O–H groups in total. The summed E-state index contributed by atoms with van der Waals surface area (Å²) in [4.78, 5) is 48.3. The van der Waals surface area contributed by atoms with Crippen molar-refractivity contribution >= 4 is 60.7 Å². The van der Waals surface area contributed by atoms with E-state index in [1.165, 1.54) is 11.8 Å². The lowest BCUT2D eigenvalue weighted by atomic mass is 10.2. The summed E-state index contributed by atoms with van der Waals surface area (Å²) in [6.45, 7) is 0.749. The lowest BCUT2D eigenvalue weighted by Gasteiger charge is -2.23. The van der Waals surface area contributed by atoms with Crippen LogP contribution >= 0.6 is 37.0 Å². The van der Waals surface area contributed by atoms with Gasteiger partial charge in [-0.05, 0) is 37.8 Å². The second-order valence-electron chi connectivity index (χ2n) is 6.32. The summed E-state index contributed by atoms with van der Waals surface area (Å²) < 4.78 is 0. The number of carbonyl (C=O) groups is 4. The van der Waals surface area contributed by atoms with Gasteiger partial charge < -0.3 is 26.4 Å². The third kappa shape index (κ3) is 8.10.